The molecule has 8 heteroatoms. The molecule has 0 unspecified atom stereocenters. The number of hydrogen-bond donors (Lipinski definition) is 1. The van der Waals surface area contributed by atoms with Gasteiger partial charge in [-0.1, -0.05) is 38.3 Å². The minimum Gasteiger partial charge on any atom is -0.465 e. The zero-order valence-electron chi connectivity index (χ0n) is 15.1. The highest BCUT2D eigenvalue weighted by atomic mass is 16.5. The van der Waals surface area contributed by atoms with E-state index in [9.17, 15) is 9.59 Å². The Balaban J connectivity index is 2.10. The van der Waals surface area contributed by atoms with Gasteiger partial charge in [-0.2, -0.15) is 4.68 Å². The first kappa shape index (κ1) is 18.0. The summed E-state index contributed by atoms with van der Waals surface area (Å²) in [6.07, 6.45) is 5.00. The fourth-order valence-electron chi connectivity index (χ4n) is 3.50. The third-order valence-electron chi connectivity index (χ3n) is 4.84. The first-order valence-corrected chi connectivity index (χ1v) is 8.89. The zero-order chi connectivity index (χ0) is 18.6. The van der Waals surface area contributed by atoms with Gasteiger partial charge in [-0.05, 0) is 35.4 Å². The smallest absolute Gasteiger partial charge is 0.340 e. The molecule has 1 aliphatic carbocycles. The van der Waals surface area contributed by atoms with E-state index in [0.29, 0.717) is 23.5 Å². The summed E-state index contributed by atoms with van der Waals surface area (Å²) in [5, 5.41) is 15.3. The van der Waals surface area contributed by atoms with Crippen LogP contribution in [0.4, 0.5) is 0 Å². The molecule has 26 heavy (non-hydrogen) atoms. The first-order valence-electron chi connectivity index (χ1n) is 8.89. The van der Waals surface area contributed by atoms with E-state index in [1.54, 1.807) is 22.9 Å². The monoisotopic (exact) mass is 357 g/mol. The lowest BCUT2D eigenvalue weighted by Crippen LogP contribution is -2.48. The lowest BCUT2D eigenvalue weighted by atomic mass is 9.80. The summed E-state index contributed by atoms with van der Waals surface area (Å²) in [5.74, 6) is 0.0513. The normalized spacial score (nSPS) is 16.1. The number of carbonyl (C=O) groups is 2. The van der Waals surface area contributed by atoms with Gasteiger partial charge in [0.25, 0.3) is 0 Å². The molecule has 1 heterocycles. The molecular formula is C18H23N5O3. The van der Waals surface area contributed by atoms with Crippen molar-refractivity contribution < 1.29 is 14.3 Å². The predicted octanol–water partition coefficient (Wildman–Crippen LogP) is 2.13. The van der Waals surface area contributed by atoms with Crippen molar-refractivity contribution >= 4 is 11.9 Å². The van der Waals surface area contributed by atoms with Crippen molar-refractivity contribution in [2.45, 2.75) is 51.0 Å². The van der Waals surface area contributed by atoms with Crippen LogP contribution < -0.4 is 5.32 Å². The number of hydrogen-bond acceptors (Lipinski definition) is 6. The Kier molecular flexibility index (Phi) is 5.29. The van der Waals surface area contributed by atoms with Crippen LogP contribution in [0.15, 0.2) is 24.3 Å². The number of benzene rings is 1. The average molecular weight is 357 g/mol. The lowest BCUT2D eigenvalue weighted by molar-refractivity contribution is -0.123. The molecule has 0 radical (unpaired) electrons. The molecule has 0 atom stereocenters. The summed E-state index contributed by atoms with van der Waals surface area (Å²) >= 11 is 0. The topological polar surface area (TPSA) is 99.0 Å². The number of rotatable bonds is 5. The maximum absolute atomic E-state index is 12.2. The third-order valence-corrected chi connectivity index (χ3v) is 4.84. The number of amides is 1. The van der Waals surface area contributed by atoms with E-state index in [2.05, 4.69) is 20.8 Å². The lowest BCUT2D eigenvalue weighted by Gasteiger charge is -2.36. The minimum atomic E-state index is -0.627. The van der Waals surface area contributed by atoms with E-state index in [1.165, 1.54) is 7.11 Å². The fraction of sp³-hybridized carbons (Fsp3) is 0.500. The minimum absolute atomic E-state index is 0.0392. The standard InChI is InChI=1S/C18H23N5O3/c1-3-15(24)19-18(11-7-4-8-12-18)17-20-21-22-23(17)14-10-6-5-9-13(14)16(25)26-2/h5-6,9-10H,3-4,7-8,11-12H2,1-2H3,(H,19,24). The number of nitrogens with zero attached hydrogens (tertiary/aromatic N) is 4. The zero-order valence-corrected chi connectivity index (χ0v) is 15.1. The summed E-state index contributed by atoms with van der Waals surface area (Å²) < 4.78 is 6.43. The number of tetrazole rings is 1. The Morgan fingerprint density at radius 1 is 1.23 bits per heavy atom. The molecule has 1 aromatic heterocycles. The summed E-state index contributed by atoms with van der Waals surface area (Å²) in [4.78, 5) is 24.3. The highest BCUT2D eigenvalue weighted by Crippen LogP contribution is 2.37. The molecule has 8 nitrogen and oxygen atoms in total. The van der Waals surface area contributed by atoms with Crippen LogP contribution in [-0.2, 0) is 15.1 Å². The second kappa shape index (κ2) is 7.63. The van der Waals surface area contributed by atoms with Gasteiger partial charge in [-0.3, -0.25) is 4.79 Å². The fourth-order valence-corrected chi connectivity index (χ4v) is 3.50. The number of para-hydroxylation sites is 1. The highest BCUT2D eigenvalue weighted by molar-refractivity contribution is 5.93. The summed E-state index contributed by atoms with van der Waals surface area (Å²) in [6, 6.07) is 7.01. The number of ether oxygens (including phenoxy) is 1. The Morgan fingerprint density at radius 2 is 1.96 bits per heavy atom. The molecule has 1 saturated carbocycles. The van der Waals surface area contributed by atoms with Crippen LogP contribution in [0.1, 0.15) is 61.6 Å². The first-order chi connectivity index (χ1) is 12.6. The van der Waals surface area contributed by atoms with Crippen molar-refractivity contribution in [2.24, 2.45) is 0 Å². The van der Waals surface area contributed by atoms with Crippen molar-refractivity contribution in [1.82, 2.24) is 25.5 Å². The molecule has 3 rings (SSSR count). The highest BCUT2D eigenvalue weighted by Gasteiger charge is 2.40. The van der Waals surface area contributed by atoms with Crippen molar-refractivity contribution in [3.8, 4) is 5.69 Å². The molecule has 138 valence electrons. The number of carbonyl (C=O) groups excluding carboxylic acids is 2. The van der Waals surface area contributed by atoms with Gasteiger partial charge in [-0.15, -0.1) is 5.10 Å². The van der Waals surface area contributed by atoms with Crippen LogP contribution in [0.2, 0.25) is 0 Å². The molecule has 1 aliphatic rings. The maximum Gasteiger partial charge on any atom is 0.340 e. The maximum atomic E-state index is 12.2. The Bertz CT molecular complexity index is 796. The van der Waals surface area contributed by atoms with Gasteiger partial charge in [0.05, 0.1) is 18.4 Å². The van der Waals surface area contributed by atoms with E-state index >= 15 is 0 Å². The predicted molar refractivity (Wildman–Crippen MR) is 93.7 cm³/mol. The molecule has 1 fully saturated rings. The van der Waals surface area contributed by atoms with Crippen LogP contribution in [0, 0.1) is 0 Å². The van der Waals surface area contributed by atoms with Crippen LogP contribution in [0.5, 0.6) is 0 Å². The van der Waals surface area contributed by atoms with Gasteiger partial charge >= 0.3 is 5.97 Å². The quantitative estimate of drug-likeness (QED) is 0.823. The molecule has 0 bridgehead atoms. The Hall–Kier alpha value is -2.77. The molecule has 2 aromatic rings. The second-order valence-electron chi connectivity index (χ2n) is 6.47. The van der Waals surface area contributed by atoms with Gasteiger partial charge in [0.2, 0.25) is 5.91 Å². The molecule has 0 spiro atoms. The van der Waals surface area contributed by atoms with Crippen LogP contribution in [0.3, 0.4) is 0 Å². The van der Waals surface area contributed by atoms with Crippen molar-refractivity contribution in [3.63, 3.8) is 0 Å². The van der Waals surface area contributed by atoms with Gasteiger partial charge in [-0.25, -0.2) is 4.79 Å². The third kappa shape index (κ3) is 3.31. The van der Waals surface area contributed by atoms with Crippen LogP contribution in [0.25, 0.3) is 5.69 Å². The van der Waals surface area contributed by atoms with E-state index < -0.39 is 11.5 Å². The van der Waals surface area contributed by atoms with E-state index in [1.807, 2.05) is 13.0 Å². The second-order valence-corrected chi connectivity index (χ2v) is 6.47. The van der Waals surface area contributed by atoms with Crippen molar-refractivity contribution in [3.05, 3.63) is 35.7 Å². The Morgan fingerprint density at radius 3 is 2.65 bits per heavy atom. The largest absolute Gasteiger partial charge is 0.465 e. The summed E-state index contributed by atoms with van der Waals surface area (Å²) in [5.41, 5.74) is 0.282. The van der Waals surface area contributed by atoms with Gasteiger partial charge in [0, 0.05) is 6.42 Å². The van der Waals surface area contributed by atoms with Gasteiger partial charge in [0.1, 0.15) is 5.54 Å². The van der Waals surface area contributed by atoms with Gasteiger partial charge < -0.3 is 10.1 Å². The van der Waals surface area contributed by atoms with Crippen molar-refractivity contribution in [2.75, 3.05) is 7.11 Å². The molecule has 0 aliphatic heterocycles. The molecule has 0 saturated heterocycles. The Labute approximate surface area is 151 Å². The summed E-state index contributed by atoms with van der Waals surface area (Å²) in [7, 11) is 1.34. The number of esters is 1. The van der Waals surface area contributed by atoms with Gasteiger partial charge in [0.15, 0.2) is 5.82 Å². The molecule has 1 amide bonds. The van der Waals surface area contributed by atoms with E-state index in [0.717, 1.165) is 32.1 Å². The number of aromatic nitrogens is 4. The molecular weight excluding hydrogens is 334 g/mol. The van der Waals surface area contributed by atoms with E-state index in [-0.39, 0.29) is 5.91 Å². The van der Waals surface area contributed by atoms with Crippen LogP contribution >= 0.6 is 0 Å². The van der Waals surface area contributed by atoms with E-state index in [4.69, 9.17) is 4.74 Å². The van der Waals surface area contributed by atoms with Crippen molar-refractivity contribution in [1.29, 1.82) is 0 Å². The average Bonchev–Trinajstić information content (AvgIpc) is 3.18. The molecule has 1 N–H and O–H groups in total. The number of methoxy groups -OCH3 is 1. The summed E-state index contributed by atoms with van der Waals surface area (Å²) in [6.45, 7) is 1.82. The molecule has 1 aromatic carbocycles. The van der Waals surface area contributed by atoms with Crippen LogP contribution in [-0.4, -0.2) is 39.2 Å². The number of nitrogens with one attached hydrogen (secondary N) is 1. The SMILES string of the molecule is CCC(=O)NC1(c2nnnn2-c2ccccc2C(=O)OC)CCCCC1.